The van der Waals surface area contributed by atoms with Crippen LogP contribution in [0, 0.1) is 13.1 Å². The molecule has 2 nitrogen and oxygen atoms in total. The van der Waals surface area contributed by atoms with Gasteiger partial charge in [0, 0.05) is 19.4 Å². The molecule has 2 heteroatoms. The third-order valence-electron chi connectivity index (χ3n) is 2.14. The minimum atomic E-state index is 1.19. The molecule has 0 amide bonds. The van der Waals surface area contributed by atoms with Crippen LogP contribution in [0.2, 0.25) is 0 Å². The monoisotopic (exact) mass is 236 g/mol. The Morgan fingerprint density at radius 1 is 0.833 bits per heavy atom. The molecule has 18 heavy (non-hydrogen) atoms. The van der Waals surface area contributed by atoms with Gasteiger partial charge in [0.2, 0.25) is 0 Å². The molecule has 0 unspecified atom stereocenters. The summed E-state index contributed by atoms with van der Waals surface area (Å²) < 4.78 is 0. The van der Waals surface area contributed by atoms with E-state index in [0.717, 1.165) is 0 Å². The Morgan fingerprint density at radius 3 is 2.06 bits per heavy atom. The molecule has 90 valence electrons. The van der Waals surface area contributed by atoms with Gasteiger partial charge in [0.25, 0.3) is 0 Å². The fourth-order valence-corrected chi connectivity index (χ4v) is 1.38. The molecular weight excluding hydrogens is 220 g/mol. The van der Waals surface area contributed by atoms with E-state index in [9.17, 15) is 0 Å². The number of hydrogen-bond donors (Lipinski definition) is 1. The first-order valence-corrected chi connectivity index (χ1v) is 5.58. The van der Waals surface area contributed by atoms with Crippen molar-refractivity contribution in [1.29, 1.82) is 0 Å². The summed E-state index contributed by atoms with van der Waals surface area (Å²) in [6.07, 6.45) is 3.50. The van der Waals surface area contributed by atoms with Crippen LogP contribution in [0.25, 0.3) is 10.8 Å². The highest BCUT2D eigenvalue weighted by molar-refractivity contribution is 5.81. The third-order valence-corrected chi connectivity index (χ3v) is 2.14. The lowest BCUT2D eigenvalue weighted by Gasteiger charge is -1.91. The van der Waals surface area contributed by atoms with Crippen LogP contribution < -0.4 is 5.73 Å². The van der Waals surface area contributed by atoms with Crippen molar-refractivity contribution in [3.8, 4) is 0 Å². The normalized spacial score (nSPS) is 8.56. The summed E-state index contributed by atoms with van der Waals surface area (Å²) in [6.45, 7) is 0. The molecule has 3 aromatic rings. The second-order valence-corrected chi connectivity index (χ2v) is 3.28. The first kappa shape index (κ1) is 13.9. The van der Waals surface area contributed by atoms with Crippen LogP contribution >= 0.6 is 0 Å². The van der Waals surface area contributed by atoms with Gasteiger partial charge in [-0.1, -0.05) is 48.5 Å². The number of aromatic nitrogens is 1. The maximum atomic E-state index is 4.25. The number of fused-ring (bicyclic) bond motifs is 1. The third kappa shape index (κ3) is 4.76. The van der Waals surface area contributed by atoms with E-state index in [2.05, 4.69) is 42.0 Å². The lowest BCUT2D eigenvalue weighted by molar-refractivity contribution is 1.33. The summed E-state index contributed by atoms with van der Waals surface area (Å²) in [4.78, 5) is 3.78. The average Bonchev–Trinajstić information content (AvgIpc) is 2.52. The summed E-state index contributed by atoms with van der Waals surface area (Å²) in [6, 6.07) is 23.1. The van der Waals surface area contributed by atoms with E-state index in [1.807, 2.05) is 42.5 Å². The minimum absolute atomic E-state index is 1.19. The number of nitrogens with two attached hydrogens (primary N) is 1. The lowest BCUT2D eigenvalue weighted by atomic mass is 10.1. The molecule has 0 saturated carbocycles. The molecule has 0 spiro atoms. The summed E-state index contributed by atoms with van der Waals surface area (Å²) in [7, 11) is 2.75. The van der Waals surface area contributed by atoms with Crippen molar-refractivity contribution in [1.82, 2.24) is 4.98 Å². The Kier molecular flexibility index (Phi) is 6.86. The molecule has 0 aliphatic heterocycles. The van der Waals surface area contributed by atoms with E-state index in [4.69, 9.17) is 0 Å². The molecule has 1 heterocycles. The zero-order valence-electron chi connectivity index (χ0n) is 10.2. The quantitative estimate of drug-likeness (QED) is 0.649. The molecule has 2 N–H and O–H groups in total. The Hall–Kier alpha value is -2.19. The topological polar surface area (TPSA) is 38.9 Å². The molecule has 0 fully saturated rings. The van der Waals surface area contributed by atoms with Gasteiger partial charge in [-0.25, -0.2) is 0 Å². The van der Waals surface area contributed by atoms with E-state index in [-0.39, 0.29) is 0 Å². The molecule has 0 aliphatic carbocycles. The van der Waals surface area contributed by atoms with Crippen LogP contribution in [0.5, 0.6) is 0 Å². The van der Waals surface area contributed by atoms with E-state index in [0.29, 0.717) is 0 Å². The number of benzene rings is 2. The van der Waals surface area contributed by atoms with Gasteiger partial charge in [-0.05, 0) is 29.0 Å². The van der Waals surface area contributed by atoms with Crippen LogP contribution in [-0.2, 0) is 0 Å². The van der Waals surface area contributed by atoms with Crippen molar-refractivity contribution in [2.24, 2.45) is 5.73 Å². The van der Waals surface area contributed by atoms with Gasteiger partial charge in [-0.2, -0.15) is 0 Å². The van der Waals surface area contributed by atoms with Crippen LogP contribution in [0.4, 0.5) is 0 Å². The SMILES string of the molecule is [CH2]N.[c]1cccc2ccccc12.c1ccncc1. The van der Waals surface area contributed by atoms with Crippen molar-refractivity contribution >= 4 is 10.8 Å². The van der Waals surface area contributed by atoms with Crippen molar-refractivity contribution in [3.05, 3.63) is 86.2 Å². The van der Waals surface area contributed by atoms with E-state index in [1.54, 1.807) is 12.4 Å². The predicted octanol–water partition coefficient (Wildman–Crippen LogP) is 3.46. The molecule has 0 atom stereocenters. The van der Waals surface area contributed by atoms with Crippen molar-refractivity contribution < 1.29 is 0 Å². The van der Waals surface area contributed by atoms with Crippen molar-refractivity contribution in [3.63, 3.8) is 0 Å². The van der Waals surface area contributed by atoms with E-state index < -0.39 is 0 Å². The van der Waals surface area contributed by atoms with E-state index in [1.165, 1.54) is 10.8 Å². The fraction of sp³-hybridized carbons (Fsp3) is 0. The number of rotatable bonds is 0. The van der Waals surface area contributed by atoms with Crippen molar-refractivity contribution in [2.45, 2.75) is 0 Å². The second-order valence-electron chi connectivity index (χ2n) is 3.28. The molecule has 0 saturated heterocycles. The summed E-state index contributed by atoms with van der Waals surface area (Å²) in [5, 5.41) is 2.44. The second kappa shape index (κ2) is 8.90. The van der Waals surface area contributed by atoms with E-state index >= 15 is 0 Å². The molecule has 0 bridgehead atoms. The number of pyridine rings is 1. The molecule has 2 radical (unpaired) electrons. The summed E-state index contributed by atoms with van der Waals surface area (Å²) >= 11 is 0. The fourth-order valence-electron chi connectivity index (χ4n) is 1.38. The maximum absolute atomic E-state index is 4.25. The first-order valence-electron chi connectivity index (χ1n) is 5.58. The first-order chi connectivity index (χ1) is 8.97. The average molecular weight is 236 g/mol. The number of nitrogens with zero attached hydrogens (tertiary/aromatic N) is 1. The predicted molar refractivity (Wildman–Crippen MR) is 76.6 cm³/mol. The Labute approximate surface area is 108 Å². The Balaban J connectivity index is 0.000000174. The Morgan fingerprint density at radius 2 is 1.50 bits per heavy atom. The largest absolute Gasteiger partial charge is 0.329 e. The van der Waals surface area contributed by atoms with Gasteiger partial charge >= 0.3 is 0 Å². The molecule has 0 aliphatic rings. The van der Waals surface area contributed by atoms with Gasteiger partial charge < -0.3 is 5.73 Å². The highest BCUT2D eigenvalue weighted by Crippen LogP contribution is 2.10. The number of hydrogen-bond acceptors (Lipinski definition) is 2. The molecule has 2 aromatic carbocycles. The van der Waals surface area contributed by atoms with Gasteiger partial charge in [-0.3, -0.25) is 4.98 Å². The minimum Gasteiger partial charge on any atom is -0.329 e. The zero-order valence-corrected chi connectivity index (χ0v) is 10.2. The van der Waals surface area contributed by atoms with Crippen LogP contribution in [0.15, 0.2) is 73.1 Å². The van der Waals surface area contributed by atoms with Crippen LogP contribution in [0.3, 0.4) is 0 Å². The van der Waals surface area contributed by atoms with Gasteiger partial charge in [0.1, 0.15) is 0 Å². The smallest absolute Gasteiger partial charge is 0.0267 e. The molecular formula is C16H16N2. The van der Waals surface area contributed by atoms with Crippen molar-refractivity contribution in [2.75, 3.05) is 0 Å². The highest BCUT2D eigenvalue weighted by atomic mass is 14.6. The molecule has 3 rings (SSSR count). The zero-order chi connectivity index (χ0) is 13.1. The van der Waals surface area contributed by atoms with Gasteiger partial charge in [0.15, 0.2) is 0 Å². The van der Waals surface area contributed by atoms with Gasteiger partial charge in [0.05, 0.1) is 0 Å². The maximum Gasteiger partial charge on any atom is 0.0267 e. The van der Waals surface area contributed by atoms with Crippen LogP contribution in [0.1, 0.15) is 0 Å². The molecule has 1 aromatic heterocycles. The standard InChI is InChI=1S/C10H7.C5H5N.CH4N/c1-2-6-10-8-4-3-7-9(10)5-1;1-2-4-6-5-3-1;1-2/h1-7H;1-5H;1-2H2. The lowest BCUT2D eigenvalue weighted by Crippen LogP contribution is -1.67. The Bertz CT molecular complexity index is 443. The summed E-state index contributed by atoms with van der Waals surface area (Å²) in [5.41, 5.74) is 4.25. The highest BCUT2D eigenvalue weighted by Gasteiger charge is 1.85. The van der Waals surface area contributed by atoms with Gasteiger partial charge in [-0.15, -0.1) is 0 Å². The summed E-state index contributed by atoms with van der Waals surface area (Å²) in [5.74, 6) is 0. The van der Waals surface area contributed by atoms with Crippen LogP contribution in [-0.4, -0.2) is 4.98 Å².